The van der Waals surface area contributed by atoms with Crippen molar-refractivity contribution in [3.63, 3.8) is 0 Å². The molecule has 0 saturated heterocycles. The predicted molar refractivity (Wildman–Crippen MR) is 80.1 cm³/mol. The quantitative estimate of drug-likeness (QED) is 0.448. The highest BCUT2D eigenvalue weighted by atomic mass is 127. The molecule has 0 aliphatic heterocycles. The van der Waals surface area contributed by atoms with Gasteiger partial charge in [-0.1, -0.05) is 28.7 Å². The van der Waals surface area contributed by atoms with Gasteiger partial charge in [0.1, 0.15) is 3.92 Å². The molecular formula is C12H16INO3S. The summed E-state index contributed by atoms with van der Waals surface area (Å²) in [5.74, 6) is -0.327. The highest BCUT2D eigenvalue weighted by molar-refractivity contribution is 14.1. The second-order valence-electron chi connectivity index (χ2n) is 3.73. The van der Waals surface area contributed by atoms with E-state index in [1.54, 1.807) is 11.3 Å². The number of hydrogen-bond acceptors (Lipinski definition) is 4. The van der Waals surface area contributed by atoms with Crippen LogP contribution in [0.5, 0.6) is 0 Å². The summed E-state index contributed by atoms with van der Waals surface area (Å²) in [6, 6.07) is 4.08. The zero-order valence-electron chi connectivity index (χ0n) is 10.1. The third kappa shape index (κ3) is 5.81. The summed E-state index contributed by atoms with van der Waals surface area (Å²) in [5.41, 5.74) is 0. The lowest BCUT2D eigenvalue weighted by Crippen LogP contribution is -2.33. The van der Waals surface area contributed by atoms with Crippen molar-refractivity contribution < 1.29 is 14.3 Å². The monoisotopic (exact) mass is 381 g/mol. The number of ether oxygens (including phenoxy) is 1. The minimum atomic E-state index is -0.325. The molecule has 0 aliphatic rings. The van der Waals surface area contributed by atoms with Gasteiger partial charge in [-0.2, -0.15) is 0 Å². The standard InChI is InChI=1S/C12H16INO3S/c1-17-12(16)10(13)8-14-11(15)6-2-4-9-5-3-7-18-9/h3,5,7,10H,2,4,6,8H2,1H3,(H,14,15). The Morgan fingerprint density at radius 3 is 2.94 bits per heavy atom. The molecule has 1 aromatic heterocycles. The van der Waals surface area contributed by atoms with Crippen LogP contribution in [0.2, 0.25) is 0 Å². The van der Waals surface area contributed by atoms with Crippen molar-refractivity contribution >= 4 is 45.8 Å². The number of methoxy groups -OCH3 is 1. The molecule has 0 spiro atoms. The number of thiophene rings is 1. The van der Waals surface area contributed by atoms with E-state index in [9.17, 15) is 9.59 Å². The summed E-state index contributed by atoms with van der Waals surface area (Å²) in [6.07, 6.45) is 2.24. The minimum Gasteiger partial charge on any atom is -0.468 e. The number of halogens is 1. The Labute approximate surface area is 124 Å². The Bertz CT molecular complexity index is 381. The van der Waals surface area contributed by atoms with Crippen molar-refractivity contribution in [2.75, 3.05) is 13.7 Å². The summed E-state index contributed by atoms with van der Waals surface area (Å²) in [7, 11) is 1.34. The number of esters is 1. The van der Waals surface area contributed by atoms with Crippen LogP contribution in [0, 0.1) is 0 Å². The fraction of sp³-hybridized carbons (Fsp3) is 0.500. The maximum Gasteiger partial charge on any atom is 0.320 e. The molecule has 1 amide bonds. The topological polar surface area (TPSA) is 55.4 Å². The van der Waals surface area contributed by atoms with Crippen molar-refractivity contribution in [1.82, 2.24) is 5.32 Å². The van der Waals surface area contributed by atoms with Crippen LogP contribution >= 0.6 is 33.9 Å². The fourth-order valence-corrected chi connectivity index (χ4v) is 2.61. The van der Waals surface area contributed by atoms with Gasteiger partial charge in [0.25, 0.3) is 0 Å². The molecule has 100 valence electrons. The van der Waals surface area contributed by atoms with E-state index < -0.39 is 0 Å². The maximum absolute atomic E-state index is 11.5. The molecule has 1 heterocycles. The normalized spacial score (nSPS) is 11.9. The smallest absolute Gasteiger partial charge is 0.320 e. The number of amides is 1. The van der Waals surface area contributed by atoms with Gasteiger partial charge in [0.2, 0.25) is 5.91 Å². The van der Waals surface area contributed by atoms with Gasteiger partial charge >= 0.3 is 5.97 Å². The fourth-order valence-electron chi connectivity index (χ4n) is 1.38. The summed E-state index contributed by atoms with van der Waals surface area (Å²) < 4.78 is 4.25. The van der Waals surface area contributed by atoms with Gasteiger partial charge in [0.15, 0.2) is 0 Å². The molecule has 6 heteroatoms. The Morgan fingerprint density at radius 2 is 2.33 bits per heavy atom. The lowest BCUT2D eigenvalue weighted by atomic mass is 10.2. The van der Waals surface area contributed by atoms with Crippen LogP contribution in [-0.2, 0) is 20.7 Å². The highest BCUT2D eigenvalue weighted by Crippen LogP contribution is 2.11. The molecule has 0 bridgehead atoms. The number of carbonyl (C=O) groups is 2. The van der Waals surface area contributed by atoms with Crippen molar-refractivity contribution in [2.45, 2.75) is 23.2 Å². The lowest BCUT2D eigenvalue weighted by Gasteiger charge is -2.09. The summed E-state index contributed by atoms with van der Waals surface area (Å²) in [6.45, 7) is 0.324. The molecule has 1 rings (SSSR count). The summed E-state index contributed by atoms with van der Waals surface area (Å²) in [4.78, 5) is 23.9. The molecule has 0 aromatic carbocycles. The van der Waals surface area contributed by atoms with Crippen LogP contribution in [0.3, 0.4) is 0 Å². The molecule has 4 nitrogen and oxygen atoms in total. The Morgan fingerprint density at radius 1 is 1.56 bits per heavy atom. The Balaban J connectivity index is 2.12. The van der Waals surface area contributed by atoms with Crippen molar-refractivity contribution in [2.24, 2.45) is 0 Å². The van der Waals surface area contributed by atoms with Gasteiger partial charge in [-0.05, 0) is 24.3 Å². The Kier molecular flexibility index (Phi) is 7.26. The first-order chi connectivity index (χ1) is 8.63. The number of aryl methyl sites for hydroxylation is 1. The molecule has 1 atom stereocenters. The first-order valence-electron chi connectivity index (χ1n) is 5.64. The molecule has 1 aromatic rings. The van der Waals surface area contributed by atoms with Crippen LogP contribution in [-0.4, -0.2) is 29.5 Å². The van der Waals surface area contributed by atoms with Gasteiger partial charge in [-0.15, -0.1) is 11.3 Å². The van der Waals surface area contributed by atoms with Crippen LogP contribution in [0.1, 0.15) is 17.7 Å². The number of alkyl halides is 1. The first-order valence-corrected chi connectivity index (χ1v) is 7.77. The molecule has 0 saturated carbocycles. The average molecular weight is 381 g/mol. The summed E-state index contributed by atoms with van der Waals surface area (Å²) >= 11 is 3.67. The molecule has 1 unspecified atom stereocenters. The van der Waals surface area contributed by atoms with Gasteiger partial charge in [-0.25, -0.2) is 0 Å². The molecule has 1 N–H and O–H groups in total. The summed E-state index contributed by atoms with van der Waals surface area (Å²) in [5, 5.41) is 4.77. The first kappa shape index (κ1) is 15.4. The number of hydrogen-bond donors (Lipinski definition) is 1. The van der Waals surface area contributed by atoms with Gasteiger partial charge in [0, 0.05) is 17.8 Å². The van der Waals surface area contributed by atoms with Crippen molar-refractivity contribution in [3.05, 3.63) is 22.4 Å². The van der Waals surface area contributed by atoms with Crippen molar-refractivity contribution in [1.29, 1.82) is 0 Å². The predicted octanol–water partition coefficient (Wildman–Crippen LogP) is 2.16. The van der Waals surface area contributed by atoms with Crippen LogP contribution in [0.4, 0.5) is 0 Å². The third-order valence-electron chi connectivity index (χ3n) is 2.34. The van der Waals surface area contributed by atoms with E-state index >= 15 is 0 Å². The third-order valence-corrected chi connectivity index (χ3v) is 4.23. The van der Waals surface area contributed by atoms with Gasteiger partial charge in [0.05, 0.1) is 7.11 Å². The maximum atomic E-state index is 11.5. The van der Waals surface area contributed by atoms with Crippen LogP contribution < -0.4 is 5.32 Å². The lowest BCUT2D eigenvalue weighted by molar-refractivity contribution is -0.139. The van der Waals surface area contributed by atoms with E-state index in [1.807, 2.05) is 34.0 Å². The molecule has 0 fully saturated rings. The second-order valence-corrected chi connectivity index (χ2v) is 6.26. The average Bonchev–Trinajstić information content (AvgIpc) is 2.88. The molecular weight excluding hydrogens is 365 g/mol. The van der Waals surface area contributed by atoms with Crippen molar-refractivity contribution in [3.8, 4) is 0 Å². The van der Waals surface area contributed by atoms with Gasteiger partial charge < -0.3 is 10.1 Å². The Hall–Kier alpha value is -0.630. The van der Waals surface area contributed by atoms with E-state index in [2.05, 4.69) is 16.1 Å². The zero-order chi connectivity index (χ0) is 13.4. The molecule has 18 heavy (non-hydrogen) atoms. The number of carbonyl (C=O) groups excluding carboxylic acids is 2. The highest BCUT2D eigenvalue weighted by Gasteiger charge is 2.15. The SMILES string of the molecule is COC(=O)C(I)CNC(=O)CCCc1cccs1. The van der Waals surface area contributed by atoms with Crippen LogP contribution in [0.15, 0.2) is 17.5 Å². The van der Waals surface area contributed by atoms with E-state index in [-0.39, 0.29) is 15.8 Å². The number of rotatable bonds is 7. The largest absolute Gasteiger partial charge is 0.468 e. The number of nitrogens with one attached hydrogen (secondary N) is 1. The van der Waals surface area contributed by atoms with E-state index in [1.165, 1.54) is 12.0 Å². The zero-order valence-corrected chi connectivity index (χ0v) is 13.1. The minimum absolute atomic E-state index is 0.0166. The van der Waals surface area contributed by atoms with E-state index in [0.717, 1.165) is 12.8 Å². The molecule has 0 radical (unpaired) electrons. The van der Waals surface area contributed by atoms with E-state index in [4.69, 9.17) is 0 Å². The van der Waals surface area contributed by atoms with Gasteiger partial charge in [-0.3, -0.25) is 9.59 Å². The molecule has 0 aliphatic carbocycles. The van der Waals surface area contributed by atoms with E-state index in [0.29, 0.717) is 13.0 Å². The van der Waals surface area contributed by atoms with Crippen LogP contribution in [0.25, 0.3) is 0 Å². The second kappa shape index (κ2) is 8.47.